The average Bonchev–Trinajstić information content (AvgIpc) is 2.19. The number of thioether (sulfide) groups is 1. The predicted molar refractivity (Wildman–Crippen MR) is 58.2 cm³/mol. The van der Waals surface area contributed by atoms with Crippen molar-refractivity contribution in [3.05, 3.63) is 0 Å². The molecule has 118 valence electrons. The van der Waals surface area contributed by atoms with Gasteiger partial charge in [0.25, 0.3) is 0 Å². The second-order valence-corrected chi connectivity index (χ2v) is 4.68. The number of carboxylic acid groups (broad SMARTS) is 1. The number of nitrogens with one attached hydrogen (secondary N) is 1. The fraction of sp³-hybridized carbons (Fsp3) is 0.778. The molecule has 0 unspecified atom stereocenters. The molecule has 0 saturated carbocycles. The number of carbonyl (C=O) groups is 2. The molecule has 0 aliphatic heterocycles. The summed E-state index contributed by atoms with van der Waals surface area (Å²) < 4.78 is 73.4. The fourth-order valence-electron chi connectivity index (χ4n) is 1.23. The molecule has 0 rings (SSSR count). The topological polar surface area (TPSA) is 66.4 Å². The molecule has 0 spiro atoms. The first-order chi connectivity index (χ1) is 8.91. The molecular formula is C9H11F6NO3S. The second-order valence-electron chi connectivity index (χ2n) is 3.70. The molecule has 4 nitrogen and oxygen atoms in total. The Morgan fingerprint density at radius 3 is 1.90 bits per heavy atom. The Labute approximate surface area is 113 Å². The van der Waals surface area contributed by atoms with Gasteiger partial charge in [-0.05, 0) is 18.4 Å². The summed E-state index contributed by atoms with van der Waals surface area (Å²) in [5.41, 5.74) is 0. The summed E-state index contributed by atoms with van der Waals surface area (Å²) in [6.07, 6.45) is -10.4. The van der Waals surface area contributed by atoms with Gasteiger partial charge in [0.1, 0.15) is 6.04 Å². The van der Waals surface area contributed by atoms with Gasteiger partial charge in [0.05, 0.1) is 0 Å². The molecule has 11 heteroatoms. The van der Waals surface area contributed by atoms with E-state index in [1.807, 2.05) is 0 Å². The van der Waals surface area contributed by atoms with E-state index in [1.54, 1.807) is 6.26 Å². The molecule has 0 aliphatic rings. The van der Waals surface area contributed by atoms with E-state index in [4.69, 9.17) is 5.11 Å². The van der Waals surface area contributed by atoms with Crippen LogP contribution < -0.4 is 5.32 Å². The van der Waals surface area contributed by atoms with E-state index in [-0.39, 0.29) is 12.2 Å². The van der Waals surface area contributed by atoms with Crippen LogP contribution in [0.4, 0.5) is 26.3 Å². The van der Waals surface area contributed by atoms with Crippen molar-refractivity contribution in [1.29, 1.82) is 0 Å². The van der Waals surface area contributed by atoms with Gasteiger partial charge < -0.3 is 10.4 Å². The molecule has 0 aliphatic carbocycles. The standard InChI is InChI=1S/C9H11F6NO3S/c1-20-3-2-4(7(18)19)16-6(17)5(8(10,11)12)9(13,14)15/h4-5H,2-3H2,1H3,(H,16,17)(H,18,19)/t4-/m0/s1. The van der Waals surface area contributed by atoms with E-state index in [9.17, 15) is 35.9 Å². The lowest BCUT2D eigenvalue weighted by Gasteiger charge is -2.24. The number of hydrogen-bond donors (Lipinski definition) is 2. The summed E-state index contributed by atoms with van der Waals surface area (Å²) >= 11 is 1.13. The van der Waals surface area contributed by atoms with E-state index in [1.165, 1.54) is 5.32 Å². The molecule has 2 N–H and O–H groups in total. The van der Waals surface area contributed by atoms with E-state index in [0.717, 1.165) is 11.8 Å². The van der Waals surface area contributed by atoms with Crippen LogP contribution in [0.5, 0.6) is 0 Å². The molecule has 0 aromatic rings. The third kappa shape index (κ3) is 5.88. The van der Waals surface area contributed by atoms with Crippen LogP contribution in [0.1, 0.15) is 6.42 Å². The Kier molecular flexibility index (Phi) is 6.65. The van der Waals surface area contributed by atoms with Gasteiger partial charge in [-0.25, -0.2) is 4.79 Å². The van der Waals surface area contributed by atoms with Crippen LogP contribution in [-0.2, 0) is 9.59 Å². The van der Waals surface area contributed by atoms with Crippen LogP contribution in [0.15, 0.2) is 0 Å². The molecule has 1 amide bonds. The quantitative estimate of drug-likeness (QED) is 0.733. The molecule has 0 bridgehead atoms. The second kappa shape index (κ2) is 7.04. The SMILES string of the molecule is CSCC[C@H](NC(=O)C(C(F)(F)F)C(F)(F)F)C(=O)O. The fourth-order valence-corrected chi connectivity index (χ4v) is 1.70. The lowest BCUT2D eigenvalue weighted by Crippen LogP contribution is -2.52. The van der Waals surface area contributed by atoms with Gasteiger partial charge in [0.15, 0.2) is 0 Å². The summed E-state index contributed by atoms with van der Waals surface area (Å²) in [4.78, 5) is 21.8. The van der Waals surface area contributed by atoms with Crippen molar-refractivity contribution in [2.75, 3.05) is 12.0 Å². The highest BCUT2D eigenvalue weighted by Crippen LogP contribution is 2.39. The minimum atomic E-state index is -5.84. The van der Waals surface area contributed by atoms with Crippen molar-refractivity contribution < 1.29 is 41.0 Å². The number of amides is 1. The third-order valence-corrected chi connectivity index (χ3v) is 2.79. The summed E-state index contributed by atoms with van der Waals surface area (Å²) in [6, 6.07) is -1.80. The number of rotatable bonds is 6. The largest absolute Gasteiger partial charge is 0.480 e. The molecule has 0 radical (unpaired) electrons. The average molecular weight is 327 g/mol. The number of hydrogen-bond acceptors (Lipinski definition) is 3. The Balaban J connectivity index is 5.04. The maximum atomic E-state index is 12.2. The summed E-state index contributed by atoms with van der Waals surface area (Å²) in [6.45, 7) is 0. The van der Waals surface area contributed by atoms with Crippen LogP contribution >= 0.6 is 11.8 Å². The minimum absolute atomic E-state index is 0.153. The van der Waals surface area contributed by atoms with Gasteiger partial charge in [0, 0.05) is 0 Å². The molecule has 0 aromatic carbocycles. The molecule has 0 heterocycles. The van der Waals surface area contributed by atoms with E-state index in [0.29, 0.717) is 0 Å². The number of halogens is 6. The first kappa shape index (κ1) is 18.9. The van der Waals surface area contributed by atoms with Crippen molar-refractivity contribution in [3.63, 3.8) is 0 Å². The number of carboxylic acids is 1. The van der Waals surface area contributed by atoms with Gasteiger partial charge in [-0.3, -0.25) is 4.79 Å². The van der Waals surface area contributed by atoms with Crippen molar-refractivity contribution in [1.82, 2.24) is 5.32 Å². The molecular weight excluding hydrogens is 316 g/mol. The Bertz CT molecular complexity index is 343. The zero-order chi connectivity index (χ0) is 16.1. The van der Waals surface area contributed by atoms with Crippen molar-refractivity contribution >= 4 is 23.6 Å². The maximum Gasteiger partial charge on any atom is 0.409 e. The molecule has 0 fully saturated rings. The number of aliphatic carboxylic acids is 1. The van der Waals surface area contributed by atoms with Gasteiger partial charge in [-0.2, -0.15) is 38.1 Å². The highest BCUT2D eigenvalue weighted by atomic mass is 32.2. The van der Waals surface area contributed by atoms with Gasteiger partial charge in [-0.15, -0.1) is 0 Å². The summed E-state index contributed by atoms with van der Waals surface area (Å²) in [7, 11) is 0. The van der Waals surface area contributed by atoms with Crippen LogP contribution in [0.2, 0.25) is 0 Å². The van der Waals surface area contributed by atoms with Crippen molar-refractivity contribution in [2.24, 2.45) is 5.92 Å². The normalized spacial score (nSPS) is 14.2. The van der Waals surface area contributed by atoms with Crippen molar-refractivity contribution in [2.45, 2.75) is 24.8 Å². The van der Waals surface area contributed by atoms with E-state index < -0.39 is 36.2 Å². The van der Waals surface area contributed by atoms with E-state index in [2.05, 4.69) is 0 Å². The minimum Gasteiger partial charge on any atom is -0.480 e. The van der Waals surface area contributed by atoms with Crippen LogP contribution in [0.25, 0.3) is 0 Å². The van der Waals surface area contributed by atoms with Crippen LogP contribution in [0.3, 0.4) is 0 Å². The number of alkyl halides is 6. The van der Waals surface area contributed by atoms with E-state index >= 15 is 0 Å². The summed E-state index contributed by atoms with van der Waals surface area (Å²) in [5, 5.41) is 9.92. The Morgan fingerprint density at radius 2 is 1.60 bits per heavy atom. The molecule has 1 atom stereocenters. The molecule has 0 saturated heterocycles. The highest BCUT2D eigenvalue weighted by molar-refractivity contribution is 7.98. The lowest BCUT2D eigenvalue weighted by molar-refractivity contribution is -0.274. The smallest absolute Gasteiger partial charge is 0.409 e. The Hall–Kier alpha value is -1.13. The van der Waals surface area contributed by atoms with Crippen LogP contribution in [0, 0.1) is 5.92 Å². The van der Waals surface area contributed by atoms with Gasteiger partial charge in [0.2, 0.25) is 11.8 Å². The number of carbonyl (C=O) groups excluding carboxylic acids is 1. The lowest BCUT2D eigenvalue weighted by atomic mass is 10.1. The predicted octanol–water partition coefficient (Wildman–Crippen LogP) is 2.05. The maximum absolute atomic E-state index is 12.2. The van der Waals surface area contributed by atoms with Crippen molar-refractivity contribution in [3.8, 4) is 0 Å². The first-order valence-corrected chi connectivity index (χ1v) is 6.46. The summed E-state index contributed by atoms with van der Waals surface area (Å²) in [5.74, 6) is -8.21. The zero-order valence-electron chi connectivity index (χ0n) is 10.0. The monoisotopic (exact) mass is 327 g/mol. The Morgan fingerprint density at radius 1 is 1.15 bits per heavy atom. The van der Waals surface area contributed by atoms with Crippen LogP contribution in [-0.4, -0.2) is 47.4 Å². The molecule has 20 heavy (non-hydrogen) atoms. The van der Waals surface area contributed by atoms with Gasteiger partial charge in [-0.1, -0.05) is 0 Å². The molecule has 0 aromatic heterocycles. The first-order valence-electron chi connectivity index (χ1n) is 5.06. The highest BCUT2D eigenvalue weighted by Gasteiger charge is 2.61. The van der Waals surface area contributed by atoms with Gasteiger partial charge >= 0.3 is 18.3 Å². The zero-order valence-corrected chi connectivity index (χ0v) is 10.8. The third-order valence-electron chi connectivity index (χ3n) is 2.14.